The first kappa shape index (κ1) is 24.7. The van der Waals surface area contributed by atoms with Crippen LogP contribution in [0.25, 0.3) is 6.08 Å². The number of hydrogen-bond acceptors (Lipinski definition) is 10. The fraction of sp³-hybridized carbons (Fsp3) is 0.591. The molecule has 1 aromatic rings. The highest BCUT2D eigenvalue weighted by Gasteiger charge is 2.47. The second-order valence-corrected chi connectivity index (χ2v) is 8.25. The normalized spacial score (nSPS) is 40.3. The maximum atomic E-state index is 12.1. The van der Waals surface area contributed by atoms with Gasteiger partial charge in [0, 0.05) is 6.08 Å². The molecule has 10 nitrogen and oxygen atoms in total. The Kier molecular flexibility index (Phi) is 8.37. The Labute approximate surface area is 185 Å². The molecule has 1 aliphatic carbocycles. The number of carbonyl (C=O) groups excluding carboxylic acids is 1. The molecule has 0 spiro atoms. The summed E-state index contributed by atoms with van der Waals surface area (Å²) in [5.74, 6) is -1.16. The summed E-state index contributed by atoms with van der Waals surface area (Å²) >= 11 is 0. The Morgan fingerprint density at radius 1 is 0.969 bits per heavy atom. The van der Waals surface area contributed by atoms with E-state index in [9.17, 15) is 35.4 Å². The van der Waals surface area contributed by atoms with Crippen LogP contribution in [0.4, 0.5) is 0 Å². The molecule has 1 saturated heterocycles. The van der Waals surface area contributed by atoms with E-state index >= 15 is 0 Å². The van der Waals surface area contributed by atoms with E-state index in [1.165, 1.54) is 6.08 Å². The van der Waals surface area contributed by atoms with E-state index in [1.807, 2.05) is 6.07 Å². The maximum absolute atomic E-state index is 12.1. The predicted molar refractivity (Wildman–Crippen MR) is 110 cm³/mol. The molecule has 10 atom stereocenters. The fourth-order valence-electron chi connectivity index (χ4n) is 3.82. The molecule has 32 heavy (non-hydrogen) atoms. The van der Waals surface area contributed by atoms with Gasteiger partial charge in [0.15, 0.2) is 0 Å². The van der Waals surface area contributed by atoms with Crippen molar-refractivity contribution in [1.29, 1.82) is 0 Å². The van der Waals surface area contributed by atoms with Crippen LogP contribution in [-0.2, 0) is 19.0 Å². The van der Waals surface area contributed by atoms with Crippen molar-refractivity contribution in [2.24, 2.45) is 5.92 Å². The average Bonchev–Trinajstić information content (AvgIpc) is 2.79. The summed E-state index contributed by atoms with van der Waals surface area (Å²) in [6.07, 6.45) is -9.44. The number of esters is 1. The summed E-state index contributed by atoms with van der Waals surface area (Å²) in [5.41, 5.74) is 0.754. The second kappa shape index (κ2) is 10.8. The molecule has 1 aliphatic heterocycles. The van der Waals surface area contributed by atoms with Gasteiger partial charge in [-0.2, -0.15) is 0 Å². The second-order valence-electron chi connectivity index (χ2n) is 8.25. The minimum absolute atomic E-state index is 0.246. The van der Waals surface area contributed by atoms with Crippen LogP contribution in [0.2, 0.25) is 0 Å². The number of carbonyl (C=O) groups is 1. The molecule has 10 heteroatoms. The van der Waals surface area contributed by atoms with Gasteiger partial charge in [0.25, 0.3) is 0 Å². The SMILES string of the molecule is CC1CC(OCC2OC(OC(=O)C=Cc3ccccc3)C(O)C(O)C2O)C(O)C(O)C1O. The summed E-state index contributed by atoms with van der Waals surface area (Å²) in [7, 11) is 0. The number of benzene rings is 1. The third kappa shape index (κ3) is 5.72. The highest BCUT2D eigenvalue weighted by atomic mass is 16.7. The molecule has 2 aliphatic rings. The Balaban J connectivity index is 1.58. The molecule has 3 rings (SSSR count). The summed E-state index contributed by atoms with van der Waals surface area (Å²) in [5, 5.41) is 60.4. The van der Waals surface area contributed by atoms with Gasteiger partial charge in [-0.1, -0.05) is 37.3 Å². The quantitative estimate of drug-likeness (QED) is 0.221. The van der Waals surface area contributed by atoms with Crippen molar-refractivity contribution in [2.75, 3.05) is 6.61 Å². The van der Waals surface area contributed by atoms with Gasteiger partial charge in [-0.25, -0.2) is 4.79 Å². The maximum Gasteiger partial charge on any atom is 0.333 e. The summed E-state index contributed by atoms with van der Waals surface area (Å²) < 4.78 is 16.1. The van der Waals surface area contributed by atoms with Crippen molar-refractivity contribution < 1.29 is 49.6 Å². The molecule has 2 fully saturated rings. The monoisotopic (exact) mass is 454 g/mol. The van der Waals surface area contributed by atoms with Gasteiger partial charge in [0.05, 0.1) is 18.8 Å². The molecule has 0 aromatic heterocycles. The zero-order valence-corrected chi connectivity index (χ0v) is 17.5. The van der Waals surface area contributed by atoms with Crippen LogP contribution in [0.15, 0.2) is 36.4 Å². The highest BCUT2D eigenvalue weighted by molar-refractivity contribution is 5.87. The van der Waals surface area contributed by atoms with Crippen LogP contribution in [0.1, 0.15) is 18.9 Å². The van der Waals surface area contributed by atoms with Crippen LogP contribution in [0.3, 0.4) is 0 Å². The van der Waals surface area contributed by atoms with E-state index < -0.39 is 61.1 Å². The molecule has 0 amide bonds. The Bertz CT molecular complexity index is 771. The van der Waals surface area contributed by atoms with Crippen molar-refractivity contribution in [2.45, 2.75) is 68.5 Å². The van der Waals surface area contributed by atoms with E-state index in [4.69, 9.17) is 14.2 Å². The lowest BCUT2D eigenvalue weighted by atomic mass is 9.82. The fourth-order valence-corrected chi connectivity index (χ4v) is 3.82. The Morgan fingerprint density at radius 2 is 1.62 bits per heavy atom. The van der Waals surface area contributed by atoms with E-state index in [0.29, 0.717) is 0 Å². The van der Waals surface area contributed by atoms with Gasteiger partial charge in [-0.3, -0.25) is 0 Å². The van der Waals surface area contributed by atoms with E-state index in [-0.39, 0.29) is 18.9 Å². The summed E-state index contributed by atoms with van der Waals surface area (Å²) in [6.45, 7) is 1.37. The third-order valence-corrected chi connectivity index (χ3v) is 5.85. The number of aliphatic hydroxyl groups excluding tert-OH is 6. The number of hydrogen-bond donors (Lipinski definition) is 6. The standard InChI is InChI=1S/C22H30O10/c1-11-9-13(17(25)19(27)16(11)24)30-10-14-18(26)20(28)21(29)22(31-14)32-15(23)8-7-12-5-3-2-4-6-12/h2-8,11,13-14,16-22,24-29H,9-10H2,1H3. The van der Waals surface area contributed by atoms with Gasteiger partial charge in [0.2, 0.25) is 6.29 Å². The summed E-state index contributed by atoms with van der Waals surface area (Å²) in [4.78, 5) is 12.1. The van der Waals surface area contributed by atoms with Crippen LogP contribution >= 0.6 is 0 Å². The molecule has 1 aromatic carbocycles. The average molecular weight is 454 g/mol. The number of ether oxygens (including phenoxy) is 3. The predicted octanol–water partition coefficient (Wildman–Crippen LogP) is -1.44. The Morgan fingerprint density at radius 3 is 2.31 bits per heavy atom. The summed E-state index contributed by atoms with van der Waals surface area (Å²) in [6, 6.07) is 8.97. The van der Waals surface area contributed by atoms with Gasteiger partial charge in [-0.15, -0.1) is 0 Å². The topological polar surface area (TPSA) is 166 Å². The van der Waals surface area contributed by atoms with Crippen molar-refractivity contribution in [3.8, 4) is 0 Å². The highest BCUT2D eigenvalue weighted by Crippen LogP contribution is 2.29. The molecule has 0 radical (unpaired) electrons. The Hall–Kier alpha value is -1.89. The first-order chi connectivity index (χ1) is 15.2. The van der Waals surface area contributed by atoms with Crippen LogP contribution in [0, 0.1) is 5.92 Å². The zero-order valence-electron chi connectivity index (χ0n) is 17.5. The minimum Gasteiger partial charge on any atom is -0.430 e. The van der Waals surface area contributed by atoms with Crippen LogP contribution in [0.5, 0.6) is 0 Å². The number of aliphatic hydroxyl groups is 6. The lowest BCUT2D eigenvalue weighted by Gasteiger charge is -2.42. The molecule has 1 heterocycles. The zero-order chi connectivity index (χ0) is 23.4. The molecular formula is C22H30O10. The van der Waals surface area contributed by atoms with Crippen LogP contribution < -0.4 is 0 Å². The smallest absolute Gasteiger partial charge is 0.333 e. The van der Waals surface area contributed by atoms with Gasteiger partial charge in [-0.05, 0) is 24.0 Å². The van der Waals surface area contributed by atoms with Crippen molar-refractivity contribution >= 4 is 12.0 Å². The largest absolute Gasteiger partial charge is 0.430 e. The third-order valence-electron chi connectivity index (χ3n) is 5.85. The molecule has 178 valence electrons. The molecule has 10 unspecified atom stereocenters. The van der Waals surface area contributed by atoms with Gasteiger partial charge >= 0.3 is 5.97 Å². The molecule has 0 bridgehead atoms. The molecular weight excluding hydrogens is 424 g/mol. The lowest BCUT2D eigenvalue weighted by molar-refractivity contribution is -0.297. The van der Waals surface area contributed by atoms with E-state index in [1.54, 1.807) is 31.2 Å². The van der Waals surface area contributed by atoms with E-state index in [0.717, 1.165) is 11.6 Å². The minimum atomic E-state index is -1.69. The van der Waals surface area contributed by atoms with E-state index in [2.05, 4.69) is 0 Å². The van der Waals surface area contributed by atoms with Gasteiger partial charge < -0.3 is 44.8 Å². The molecule has 1 saturated carbocycles. The lowest BCUT2D eigenvalue weighted by Crippen LogP contribution is -2.60. The van der Waals surface area contributed by atoms with Crippen molar-refractivity contribution in [3.63, 3.8) is 0 Å². The first-order valence-electron chi connectivity index (χ1n) is 10.5. The number of rotatable bonds is 6. The van der Waals surface area contributed by atoms with Gasteiger partial charge in [0.1, 0.15) is 36.6 Å². The van der Waals surface area contributed by atoms with Crippen molar-refractivity contribution in [3.05, 3.63) is 42.0 Å². The van der Waals surface area contributed by atoms with Crippen LogP contribution in [-0.4, -0.2) is 98.3 Å². The van der Waals surface area contributed by atoms with Crippen molar-refractivity contribution in [1.82, 2.24) is 0 Å². The first-order valence-corrected chi connectivity index (χ1v) is 10.5. The molecule has 6 N–H and O–H groups in total.